The number of hydrogen-bond acceptors (Lipinski definition) is 5. The minimum absolute atomic E-state index is 0.149. The molecule has 1 aliphatic rings. The first-order valence-corrected chi connectivity index (χ1v) is 9.61. The van der Waals surface area contributed by atoms with E-state index in [0.717, 1.165) is 16.8 Å². The van der Waals surface area contributed by atoms with Crippen LogP contribution < -0.4 is 16.0 Å². The molecule has 3 N–H and O–H groups in total. The fourth-order valence-electron chi connectivity index (χ4n) is 2.90. The minimum atomic E-state index is -0.815. The van der Waals surface area contributed by atoms with Gasteiger partial charge in [-0.3, -0.25) is 14.9 Å². The highest BCUT2D eigenvalue weighted by Crippen LogP contribution is 2.28. The van der Waals surface area contributed by atoms with Gasteiger partial charge in [0.25, 0.3) is 0 Å². The maximum Gasteiger partial charge on any atom is 0.241 e. The summed E-state index contributed by atoms with van der Waals surface area (Å²) in [6.07, 6.45) is 0. The predicted octanol–water partition coefficient (Wildman–Crippen LogP) is 2.55. The smallest absolute Gasteiger partial charge is 0.241 e. The second-order valence-corrected chi connectivity index (χ2v) is 7.32. The summed E-state index contributed by atoms with van der Waals surface area (Å²) in [6.45, 7) is 1.93. The molecule has 2 aromatic carbocycles. The Labute approximate surface area is 162 Å². The number of amides is 2. The van der Waals surface area contributed by atoms with Crippen LogP contribution in [0.5, 0.6) is 0 Å². The van der Waals surface area contributed by atoms with Crippen molar-refractivity contribution in [1.82, 2.24) is 10.6 Å². The van der Waals surface area contributed by atoms with Crippen molar-refractivity contribution >= 4 is 29.3 Å². The molecular weight excluding hydrogens is 360 g/mol. The number of carbonyl (C=O) groups excluding carboxylic acids is 2. The summed E-state index contributed by atoms with van der Waals surface area (Å²) in [5.74, 6) is -1.12. The fraction of sp³-hybridized carbons (Fsp3) is 0.250. The van der Waals surface area contributed by atoms with E-state index < -0.39 is 17.5 Å². The summed E-state index contributed by atoms with van der Waals surface area (Å²) in [6, 6.07) is 18.6. The van der Waals surface area contributed by atoms with E-state index in [1.54, 1.807) is 0 Å². The van der Waals surface area contributed by atoms with Crippen molar-refractivity contribution in [2.24, 2.45) is 5.92 Å². The van der Waals surface area contributed by atoms with Crippen LogP contribution >= 0.6 is 11.8 Å². The number of thioether (sulfide) groups is 1. The molecule has 1 aliphatic heterocycles. The van der Waals surface area contributed by atoms with Gasteiger partial charge in [-0.25, -0.2) is 0 Å². The maximum absolute atomic E-state index is 12.3. The van der Waals surface area contributed by atoms with Gasteiger partial charge in [0.2, 0.25) is 11.8 Å². The van der Waals surface area contributed by atoms with Gasteiger partial charge in [-0.1, -0.05) is 48.5 Å². The van der Waals surface area contributed by atoms with Crippen LogP contribution in [0.4, 0.5) is 5.69 Å². The minimum Gasteiger partial charge on any atom is -0.331 e. The molecule has 2 aromatic rings. The van der Waals surface area contributed by atoms with E-state index in [0.29, 0.717) is 0 Å². The average Bonchev–Trinajstić information content (AvgIpc) is 2.68. The van der Waals surface area contributed by atoms with E-state index in [4.69, 9.17) is 0 Å². The number of nitriles is 1. The number of benzene rings is 2. The number of hydrogen-bond donors (Lipinski definition) is 3. The number of aryl methyl sites for hydroxylation is 1. The molecule has 0 aromatic heterocycles. The third-order valence-corrected chi connectivity index (χ3v) is 5.33. The first kappa shape index (κ1) is 19.0. The van der Waals surface area contributed by atoms with Gasteiger partial charge in [0.05, 0.1) is 17.9 Å². The van der Waals surface area contributed by atoms with Crippen LogP contribution in [0.15, 0.2) is 54.6 Å². The third-order valence-electron chi connectivity index (χ3n) is 4.32. The number of nitrogens with one attached hydrogen (secondary N) is 3. The Morgan fingerprint density at radius 1 is 1.19 bits per heavy atom. The Balaban J connectivity index is 1.62. The lowest BCUT2D eigenvalue weighted by atomic mass is 9.92. The van der Waals surface area contributed by atoms with Crippen LogP contribution in [0, 0.1) is 24.2 Å². The SMILES string of the molecule is Cc1ccccc1NC(=O)CSC1NC(=O)C(C#N)C(c2ccccc2)N1. The molecule has 2 amide bonds. The Bertz CT molecular complexity index is 866. The standard InChI is InChI=1S/C20H20N4O2S/c1-13-7-5-6-10-16(13)22-17(25)12-27-20-23-18(14-8-3-2-4-9-14)15(11-21)19(26)24-20/h2-10,15,18,20,23H,12H2,1H3,(H,22,25)(H,24,26). The van der Waals surface area contributed by atoms with Crippen LogP contribution in [0.25, 0.3) is 0 Å². The number of para-hydroxylation sites is 1. The molecule has 0 saturated carbocycles. The maximum atomic E-state index is 12.3. The molecule has 1 fully saturated rings. The largest absolute Gasteiger partial charge is 0.331 e. The van der Waals surface area contributed by atoms with Crippen molar-refractivity contribution in [1.29, 1.82) is 5.26 Å². The van der Waals surface area contributed by atoms with Crippen LogP contribution in [-0.4, -0.2) is 23.1 Å². The molecule has 27 heavy (non-hydrogen) atoms. The van der Waals surface area contributed by atoms with Crippen LogP contribution in [0.1, 0.15) is 17.2 Å². The third kappa shape index (κ3) is 4.67. The average molecular weight is 380 g/mol. The topological polar surface area (TPSA) is 94.0 Å². The quantitative estimate of drug-likeness (QED) is 0.741. The van der Waals surface area contributed by atoms with Gasteiger partial charge in [0.1, 0.15) is 11.4 Å². The number of anilines is 1. The van der Waals surface area contributed by atoms with Gasteiger partial charge in [-0.05, 0) is 24.1 Å². The van der Waals surface area contributed by atoms with E-state index in [9.17, 15) is 14.9 Å². The molecule has 0 aliphatic carbocycles. The van der Waals surface area contributed by atoms with Crippen molar-refractivity contribution in [3.63, 3.8) is 0 Å². The first-order valence-electron chi connectivity index (χ1n) is 8.56. The molecule has 1 saturated heterocycles. The van der Waals surface area contributed by atoms with Crippen molar-refractivity contribution < 1.29 is 9.59 Å². The zero-order valence-electron chi connectivity index (χ0n) is 14.8. The fourth-order valence-corrected chi connectivity index (χ4v) is 3.73. The lowest BCUT2D eigenvalue weighted by Gasteiger charge is -2.34. The zero-order valence-corrected chi connectivity index (χ0v) is 15.6. The highest BCUT2D eigenvalue weighted by Gasteiger charge is 2.37. The van der Waals surface area contributed by atoms with Gasteiger partial charge < -0.3 is 10.6 Å². The van der Waals surface area contributed by atoms with Gasteiger partial charge in [-0.15, -0.1) is 11.8 Å². The summed E-state index contributed by atoms with van der Waals surface area (Å²) in [7, 11) is 0. The van der Waals surface area contributed by atoms with Crippen LogP contribution in [0.3, 0.4) is 0 Å². The normalized spacial score (nSPS) is 21.8. The molecule has 0 radical (unpaired) electrons. The van der Waals surface area contributed by atoms with Crippen LogP contribution in [-0.2, 0) is 9.59 Å². The first-order chi connectivity index (χ1) is 13.1. The van der Waals surface area contributed by atoms with E-state index in [-0.39, 0.29) is 17.6 Å². The highest BCUT2D eigenvalue weighted by atomic mass is 32.2. The van der Waals surface area contributed by atoms with Gasteiger partial charge in [0, 0.05) is 5.69 Å². The lowest BCUT2D eigenvalue weighted by Crippen LogP contribution is -2.56. The Kier molecular flexibility index (Phi) is 6.12. The molecular formula is C20H20N4O2S. The van der Waals surface area contributed by atoms with Gasteiger partial charge in [-0.2, -0.15) is 5.26 Å². The summed E-state index contributed by atoms with van der Waals surface area (Å²) in [4.78, 5) is 24.5. The lowest BCUT2D eigenvalue weighted by molar-refractivity contribution is -0.126. The molecule has 1 heterocycles. The monoisotopic (exact) mass is 380 g/mol. The predicted molar refractivity (Wildman–Crippen MR) is 106 cm³/mol. The number of rotatable bonds is 5. The van der Waals surface area contributed by atoms with Crippen molar-refractivity contribution in [2.45, 2.75) is 18.5 Å². The zero-order chi connectivity index (χ0) is 19.2. The summed E-state index contributed by atoms with van der Waals surface area (Å²) >= 11 is 1.28. The summed E-state index contributed by atoms with van der Waals surface area (Å²) in [5.41, 5.74) is 2.18. The Morgan fingerprint density at radius 3 is 2.59 bits per heavy atom. The second kappa shape index (κ2) is 8.71. The van der Waals surface area contributed by atoms with E-state index in [1.807, 2.05) is 61.5 Å². The molecule has 138 valence electrons. The van der Waals surface area contributed by atoms with E-state index in [1.165, 1.54) is 11.8 Å². The number of carbonyl (C=O) groups is 2. The Hall–Kier alpha value is -2.82. The molecule has 0 bridgehead atoms. The van der Waals surface area contributed by atoms with Crippen molar-refractivity contribution in [3.8, 4) is 6.07 Å². The van der Waals surface area contributed by atoms with Crippen molar-refractivity contribution in [3.05, 3.63) is 65.7 Å². The molecule has 7 heteroatoms. The summed E-state index contributed by atoms with van der Waals surface area (Å²) in [5, 5.41) is 18.3. The Morgan fingerprint density at radius 2 is 1.89 bits per heavy atom. The summed E-state index contributed by atoms with van der Waals surface area (Å²) < 4.78 is 0. The molecule has 3 rings (SSSR count). The second-order valence-electron chi connectivity index (χ2n) is 6.22. The van der Waals surface area contributed by atoms with Crippen LogP contribution in [0.2, 0.25) is 0 Å². The molecule has 3 atom stereocenters. The van der Waals surface area contributed by atoms with E-state index >= 15 is 0 Å². The van der Waals surface area contributed by atoms with Gasteiger partial charge >= 0.3 is 0 Å². The van der Waals surface area contributed by atoms with Gasteiger partial charge in [0.15, 0.2) is 0 Å². The van der Waals surface area contributed by atoms with E-state index in [2.05, 4.69) is 22.0 Å². The number of nitrogens with zero attached hydrogens (tertiary/aromatic N) is 1. The molecule has 3 unspecified atom stereocenters. The molecule has 6 nitrogen and oxygen atoms in total. The van der Waals surface area contributed by atoms with Crippen molar-refractivity contribution in [2.75, 3.05) is 11.1 Å². The molecule has 0 spiro atoms. The highest BCUT2D eigenvalue weighted by molar-refractivity contribution is 8.00.